The normalized spacial score (nSPS) is 21.9. The van der Waals surface area contributed by atoms with Crippen LogP contribution >= 0.6 is 0 Å². The highest BCUT2D eigenvalue weighted by molar-refractivity contribution is 5.98. The van der Waals surface area contributed by atoms with Crippen LogP contribution in [0.5, 0.6) is 0 Å². The molecule has 3 rings (SSSR count). The van der Waals surface area contributed by atoms with Gasteiger partial charge < -0.3 is 10.0 Å². The molecule has 2 aliphatic rings. The van der Waals surface area contributed by atoms with E-state index in [2.05, 4.69) is 11.0 Å². The summed E-state index contributed by atoms with van der Waals surface area (Å²) in [4.78, 5) is 17.1. The van der Waals surface area contributed by atoms with Crippen LogP contribution in [0.15, 0.2) is 24.3 Å². The van der Waals surface area contributed by atoms with Gasteiger partial charge in [-0.1, -0.05) is 0 Å². The summed E-state index contributed by atoms with van der Waals surface area (Å²) in [5, 5.41) is 19.1. The molecular weight excluding hydrogens is 302 g/mol. The highest BCUT2D eigenvalue weighted by atomic mass is 16.3. The van der Waals surface area contributed by atoms with E-state index >= 15 is 0 Å². The Balaban J connectivity index is 1.79. The second kappa shape index (κ2) is 6.54. The number of nitriles is 1. The SMILES string of the molecule is CC(C)(O)CN(C1CC1)[C@H]1CCCN(c2ccc(C#N)cc2)C1=O. The molecule has 0 bridgehead atoms. The number of amides is 1. The van der Waals surface area contributed by atoms with Gasteiger partial charge in [-0.05, 0) is 63.8 Å². The summed E-state index contributed by atoms with van der Waals surface area (Å²) in [5.41, 5.74) is 0.642. The van der Waals surface area contributed by atoms with Crippen molar-refractivity contribution in [3.63, 3.8) is 0 Å². The molecular formula is C19H25N3O2. The second-order valence-electron chi connectivity index (χ2n) is 7.52. The number of anilines is 1. The van der Waals surface area contributed by atoms with E-state index in [0.29, 0.717) is 24.7 Å². The van der Waals surface area contributed by atoms with Crippen molar-refractivity contribution in [2.75, 3.05) is 18.0 Å². The van der Waals surface area contributed by atoms with Crippen LogP contribution < -0.4 is 4.90 Å². The van der Waals surface area contributed by atoms with E-state index < -0.39 is 5.60 Å². The van der Waals surface area contributed by atoms with Gasteiger partial charge in [-0.15, -0.1) is 0 Å². The number of rotatable bonds is 5. The Morgan fingerprint density at radius 1 is 1.29 bits per heavy atom. The first-order valence-electron chi connectivity index (χ1n) is 8.69. The van der Waals surface area contributed by atoms with E-state index in [4.69, 9.17) is 5.26 Å². The van der Waals surface area contributed by atoms with Crippen LogP contribution in [0.25, 0.3) is 0 Å². The lowest BCUT2D eigenvalue weighted by Gasteiger charge is -2.40. The Labute approximate surface area is 143 Å². The van der Waals surface area contributed by atoms with Crippen LogP contribution in [-0.4, -0.2) is 46.7 Å². The number of piperidine rings is 1. The van der Waals surface area contributed by atoms with E-state index in [1.54, 1.807) is 26.0 Å². The Bertz CT molecular complexity index is 638. The molecule has 0 unspecified atom stereocenters. The lowest BCUT2D eigenvalue weighted by Crippen LogP contribution is -2.56. The topological polar surface area (TPSA) is 67.6 Å². The number of carbonyl (C=O) groups is 1. The van der Waals surface area contributed by atoms with Crippen molar-refractivity contribution < 1.29 is 9.90 Å². The van der Waals surface area contributed by atoms with Crippen molar-refractivity contribution in [2.24, 2.45) is 0 Å². The standard InChI is InChI=1S/C19H25N3O2/c1-19(2,24)13-22(16-9-10-16)17-4-3-11-21(18(17)23)15-7-5-14(12-20)6-8-15/h5-8,16-17,24H,3-4,9-11,13H2,1-2H3/t17-/m0/s1. The molecule has 5 nitrogen and oxygen atoms in total. The van der Waals surface area contributed by atoms with Gasteiger partial charge in [0, 0.05) is 24.8 Å². The zero-order valence-electron chi connectivity index (χ0n) is 14.4. The van der Waals surface area contributed by atoms with Crippen molar-refractivity contribution in [1.82, 2.24) is 4.90 Å². The molecule has 128 valence electrons. The first kappa shape index (κ1) is 16.9. The van der Waals surface area contributed by atoms with E-state index in [1.807, 2.05) is 17.0 Å². The van der Waals surface area contributed by atoms with Crippen LogP contribution in [0.3, 0.4) is 0 Å². The minimum atomic E-state index is -0.806. The number of carbonyl (C=O) groups excluding carboxylic acids is 1. The molecule has 2 fully saturated rings. The minimum Gasteiger partial charge on any atom is -0.389 e. The van der Waals surface area contributed by atoms with Gasteiger partial charge in [0.1, 0.15) is 0 Å². The maximum Gasteiger partial charge on any atom is 0.244 e. The average Bonchev–Trinajstić information content (AvgIpc) is 3.37. The molecule has 1 aliphatic carbocycles. The van der Waals surface area contributed by atoms with Crippen LogP contribution in [-0.2, 0) is 4.79 Å². The second-order valence-corrected chi connectivity index (χ2v) is 7.52. The van der Waals surface area contributed by atoms with Gasteiger partial charge in [-0.2, -0.15) is 5.26 Å². The molecule has 1 heterocycles. The lowest BCUT2D eigenvalue weighted by molar-refractivity contribution is -0.127. The molecule has 24 heavy (non-hydrogen) atoms. The number of hydrogen-bond acceptors (Lipinski definition) is 4. The summed E-state index contributed by atoms with van der Waals surface area (Å²) in [6.45, 7) is 4.83. The molecule has 0 aromatic heterocycles. The van der Waals surface area contributed by atoms with Gasteiger partial charge in [-0.25, -0.2) is 0 Å². The predicted molar refractivity (Wildman–Crippen MR) is 92.6 cm³/mol. The van der Waals surface area contributed by atoms with Crippen LogP contribution in [0.2, 0.25) is 0 Å². The average molecular weight is 327 g/mol. The molecule has 1 aliphatic heterocycles. The van der Waals surface area contributed by atoms with Crippen LogP contribution in [0.1, 0.15) is 45.1 Å². The van der Waals surface area contributed by atoms with Gasteiger partial charge in [0.2, 0.25) is 5.91 Å². The quantitative estimate of drug-likeness (QED) is 0.901. The third-order valence-corrected chi connectivity index (χ3v) is 4.70. The molecule has 1 saturated heterocycles. The van der Waals surface area contributed by atoms with Gasteiger partial charge in [0.15, 0.2) is 0 Å². The fraction of sp³-hybridized carbons (Fsp3) is 0.579. The van der Waals surface area contributed by atoms with Gasteiger partial charge in [0.05, 0.1) is 23.3 Å². The summed E-state index contributed by atoms with van der Waals surface area (Å²) >= 11 is 0. The molecule has 1 amide bonds. The third kappa shape index (κ3) is 3.77. The van der Waals surface area contributed by atoms with Crippen molar-refractivity contribution in [3.8, 4) is 6.07 Å². The summed E-state index contributed by atoms with van der Waals surface area (Å²) in [6.07, 6.45) is 4.01. The summed E-state index contributed by atoms with van der Waals surface area (Å²) < 4.78 is 0. The largest absolute Gasteiger partial charge is 0.389 e. The van der Waals surface area contributed by atoms with E-state index in [1.165, 1.54) is 0 Å². The number of nitrogens with zero attached hydrogens (tertiary/aromatic N) is 3. The lowest BCUT2D eigenvalue weighted by atomic mass is 9.99. The number of hydrogen-bond donors (Lipinski definition) is 1. The highest BCUT2D eigenvalue weighted by Crippen LogP contribution is 2.34. The zero-order valence-corrected chi connectivity index (χ0v) is 14.4. The maximum atomic E-state index is 13.1. The Hall–Kier alpha value is -1.90. The smallest absolute Gasteiger partial charge is 0.244 e. The van der Waals surface area contributed by atoms with Crippen molar-refractivity contribution >= 4 is 11.6 Å². The summed E-state index contributed by atoms with van der Waals surface area (Å²) in [6, 6.07) is 9.56. The maximum absolute atomic E-state index is 13.1. The van der Waals surface area contributed by atoms with Gasteiger partial charge in [-0.3, -0.25) is 9.69 Å². The Morgan fingerprint density at radius 3 is 2.50 bits per heavy atom. The summed E-state index contributed by atoms with van der Waals surface area (Å²) in [7, 11) is 0. The van der Waals surface area contributed by atoms with Gasteiger partial charge >= 0.3 is 0 Å². The Kier molecular flexibility index (Phi) is 4.62. The van der Waals surface area contributed by atoms with Crippen molar-refractivity contribution in [1.29, 1.82) is 5.26 Å². The zero-order chi connectivity index (χ0) is 17.3. The first-order chi connectivity index (χ1) is 11.4. The first-order valence-corrected chi connectivity index (χ1v) is 8.69. The number of aliphatic hydroxyl groups is 1. The van der Waals surface area contributed by atoms with E-state index in [9.17, 15) is 9.90 Å². The third-order valence-electron chi connectivity index (χ3n) is 4.70. The number of benzene rings is 1. The molecule has 0 radical (unpaired) electrons. The fourth-order valence-corrected chi connectivity index (χ4v) is 3.48. The predicted octanol–water partition coefficient (Wildman–Crippen LogP) is 2.29. The van der Waals surface area contributed by atoms with E-state index in [-0.39, 0.29) is 11.9 Å². The monoisotopic (exact) mass is 327 g/mol. The molecule has 0 spiro atoms. The molecule has 1 aromatic rings. The molecule has 1 N–H and O–H groups in total. The van der Waals surface area contributed by atoms with Crippen LogP contribution in [0, 0.1) is 11.3 Å². The van der Waals surface area contributed by atoms with E-state index in [0.717, 1.165) is 31.4 Å². The van der Waals surface area contributed by atoms with Gasteiger partial charge in [0.25, 0.3) is 0 Å². The molecule has 1 aromatic carbocycles. The van der Waals surface area contributed by atoms with Crippen LogP contribution in [0.4, 0.5) is 5.69 Å². The molecule has 5 heteroatoms. The van der Waals surface area contributed by atoms with Crippen molar-refractivity contribution in [3.05, 3.63) is 29.8 Å². The minimum absolute atomic E-state index is 0.113. The molecule has 1 saturated carbocycles. The highest BCUT2D eigenvalue weighted by Gasteiger charge is 2.42. The Morgan fingerprint density at radius 2 is 1.96 bits per heavy atom. The molecule has 1 atom stereocenters. The fourth-order valence-electron chi connectivity index (χ4n) is 3.48. The van der Waals surface area contributed by atoms with Crippen molar-refractivity contribution in [2.45, 2.75) is 57.2 Å². The summed E-state index contributed by atoms with van der Waals surface area (Å²) in [5.74, 6) is 0.113.